The summed E-state index contributed by atoms with van der Waals surface area (Å²) in [6.07, 6.45) is 2.62. The summed E-state index contributed by atoms with van der Waals surface area (Å²) in [6, 6.07) is 4.42. The van der Waals surface area contributed by atoms with Crippen LogP contribution in [-0.4, -0.2) is 23.4 Å². The molecule has 1 amide bonds. The first kappa shape index (κ1) is 11.6. The smallest absolute Gasteiger partial charge is 0.224 e. The summed E-state index contributed by atoms with van der Waals surface area (Å²) >= 11 is 1.73. The van der Waals surface area contributed by atoms with Crippen LogP contribution in [0.3, 0.4) is 0 Å². The van der Waals surface area contributed by atoms with Crippen molar-refractivity contribution in [2.45, 2.75) is 38.3 Å². The Bertz CT molecular complexity index is 350. The predicted molar refractivity (Wildman–Crippen MR) is 66.3 cm³/mol. The summed E-state index contributed by atoms with van der Waals surface area (Å²) in [5, 5.41) is 2.07. The van der Waals surface area contributed by atoms with Gasteiger partial charge in [-0.15, -0.1) is 11.3 Å². The van der Waals surface area contributed by atoms with Gasteiger partial charge in [-0.1, -0.05) is 19.4 Å². The SMILES string of the molecule is CCCC(c1cccs1)N1CC(N)CC1=O. The summed E-state index contributed by atoms with van der Waals surface area (Å²) in [5.74, 6) is 0.208. The third-order valence-electron chi connectivity index (χ3n) is 3.00. The second-order valence-electron chi connectivity index (χ2n) is 4.33. The van der Waals surface area contributed by atoms with Crippen LogP contribution >= 0.6 is 11.3 Å². The highest BCUT2D eigenvalue weighted by Gasteiger charge is 2.33. The molecule has 0 aromatic carbocycles. The first-order valence-electron chi connectivity index (χ1n) is 5.80. The van der Waals surface area contributed by atoms with Gasteiger partial charge >= 0.3 is 0 Å². The molecule has 2 heterocycles. The van der Waals surface area contributed by atoms with E-state index in [1.54, 1.807) is 11.3 Å². The first-order chi connectivity index (χ1) is 7.72. The van der Waals surface area contributed by atoms with Crippen molar-refractivity contribution >= 4 is 17.2 Å². The maximum absolute atomic E-state index is 11.8. The molecule has 2 atom stereocenters. The van der Waals surface area contributed by atoms with E-state index in [4.69, 9.17) is 5.73 Å². The Morgan fingerprint density at radius 3 is 3.00 bits per heavy atom. The molecule has 0 bridgehead atoms. The van der Waals surface area contributed by atoms with Crippen LogP contribution in [0.2, 0.25) is 0 Å². The van der Waals surface area contributed by atoms with Gasteiger partial charge in [0.25, 0.3) is 0 Å². The lowest BCUT2D eigenvalue weighted by molar-refractivity contribution is -0.129. The molecule has 88 valence electrons. The van der Waals surface area contributed by atoms with Crippen LogP contribution in [0, 0.1) is 0 Å². The standard InChI is InChI=1S/C12H18N2OS/c1-2-4-10(11-5-3-6-16-11)14-8-9(13)7-12(14)15/h3,5-6,9-10H,2,4,7-8,13H2,1H3. The monoisotopic (exact) mass is 238 g/mol. The lowest BCUT2D eigenvalue weighted by Crippen LogP contribution is -2.31. The highest BCUT2D eigenvalue weighted by atomic mass is 32.1. The van der Waals surface area contributed by atoms with Crippen LogP contribution in [0.25, 0.3) is 0 Å². The van der Waals surface area contributed by atoms with Crippen molar-refractivity contribution in [2.24, 2.45) is 5.73 Å². The highest BCUT2D eigenvalue weighted by Crippen LogP contribution is 2.32. The van der Waals surface area contributed by atoms with Gasteiger partial charge in [0.2, 0.25) is 5.91 Å². The van der Waals surface area contributed by atoms with Crippen molar-refractivity contribution in [2.75, 3.05) is 6.54 Å². The third kappa shape index (κ3) is 2.28. The summed E-state index contributed by atoms with van der Waals surface area (Å²) in [4.78, 5) is 15.1. The van der Waals surface area contributed by atoms with E-state index in [0.29, 0.717) is 13.0 Å². The number of amides is 1. The van der Waals surface area contributed by atoms with Crippen LogP contribution in [0.1, 0.15) is 37.1 Å². The molecule has 2 rings (SSSR count). The number of hydrogen-bond donors (Lipinski definition) is 1. The number of carbonyl (C=O) groups excluding carboxylic acids is 1. The fraction of sp³-hybridized carbons (Fsp3) is 0.583. The minimum atomic E-state index is 0.0202. The number of likely N-dealkylation sites (tertiary alicyclic amines) is 1. The van der Waals surface area contributed by atoms with Crippen molar-refractivity contribution in [3.63, 3.8) is 0 Å². The Labute approximate surface area is 100 Å². The zero-order chi connectivity index (χ0) is 11.5. The van der Waals surface area contributed by atoms with E-state index < -0.39 is 0 Å². The van der Waals surface area contributed by atoms with E-state index in [-0.39, 0.29) is 18.0 Å². The molecular formula is C12H18N2OS. The van der Waals surface area contributed by atoms with Crippen LogP contribution in [-0.2, 0) is 4.79 Å². The molecular weight excluding hydrogens is 220 g/mol. The molecule has 3 nitrogen and oxygen atoms in total. The number of nitrogens with two attached hydrogens (primary N) is 1. The first-order valence-corrected chi connectivity index (χ1v) is 6.68. The average molecular weight is 238 g/mol. The maximum atomic E-state index is 11.8. The molecule has 0 spiro atoms. The topological polar surface area (TPSA) is 46.3 Å². The molecule has 1 aromatic heterocycles. The van der Waals surface area contributed by atoms with Crippen molar-refractivity contribution in [3.05, 3.63) is 22.4 Å². The largest absolute Gasteiger partial charge is 0.333 e. The van der Waals surface area contributed by atoms with Gasteiger partial charge in [0.1, 0.15) is 0 Å². The van der Waals surface area contributed by atoms with Gasteiger partial charge in [-0.05, 0) is 17.9 Å². The molecule has 0 saturated carbocycles. The highest BCUT2D eigenvalue weighted by molar-refractivity contribution is 7.10. The minimum absolute atomic E-state index is 0.0202. The van der Waals surface area contributed by atoms with E-state index in [1.807, 2.05) is 11.0 Å². The second kappa shape index (κ2) is 4.97. The molecule has 1 aliphatic heterocycles. The van der Waals surface area contributed by atoms with E-state index in [9.17, 15) is 4.79 Å². The number of hydrogen-bond acceptors (Lipinski definition) is 3. The second-order valence-corrected chi connectivity index (χ2v) is 5.31. The summed E-state index contributed by atoms with van der Waals surface area (Å²) in [7, 11) is 0. The van der Waals surface area contributed by atoms with E-state index in [0.717, 1.165) is 12.8 Å². The molecule has 2 unspecified atom stereocenters. The maximum Gasteiger partial charge on any atom is 0.224 e. The Morgan fingerprint density at radius 2 is 2.50 bits per heavy atom. The van der Waals surface area contributed by atoms with Gasteiger partial charge in [0, 0.05) is 23.9 Å². The van der Waals surface area contributed by atoms with Gasteiger partial charge < -0.3 is 10.6 Å². The quantitative estimate of drug-likeness (QED) is 0.873. The van der Waals surface area contributed by atoms with Crippen molar-refractivity contribution in [1.29, 1.82) is 0 Å². The molecule has 1 saturated heterocycles. The number of carbonyl (C=O) groups is 1. The van der Waals surface area contributed by atoms with Gasteiger partial charge in [-0.2, -0.15) is 0 Å². The molecule has 2 N–H and O–H groups in total. The Balaban J connectivity index is 2.16. The number of nitrogens with zero attached hydrogens (tertiary/aromatic N) is 1. The number of rotatable bonds is 4. The van der Waals surface area contributed by atoms with E-state index >= 15 is 0 Å². The zero-order valence-corrected chi connectivity index (χ0v) is 10.4. The van der Waals surface area contributed by atoms with Crippen LogP contribution in [0.4, 0.5) is 0 Å². The zero-order valence-electron chi connectivity index (χ0n) is 9.56. The molecule has 1 fully saturated rings. The van der Waals surface area contributed by atoms with Crippen LogP contribution in [0.5, 0.6) is 0 Å². The van der Waals surface area contributed by atoms with Crippen LogP contribution in [0.15, 0.2) is 17.5 Å². The lowest BCUT2D eigenvalue weighted by atomic mass is 10.1. The summed E-state index contributed by atoms with van der Waals surface area (Å²) in [6.45, 7) is 2.86. The lowest BCUT2D eigenvalue weighted by Gasteiger charge is -2.27. The van der Waals surface area contributed by atoms with E-state index in [1.165, 1.54) is 4.88 Å². The average Bonchev–Trinajstić information content (AvgIpc) is 2.85. The minimum Gasteiger partial charge on any atom is -0.333 e. The fourth-order valence-electron chi connectivity index (χ4n) is 2.27. The van der Waals surface area contributed by atoms with Gasteiger partial charge in [-0.3, -0.25) is 4.79 Å². The predicted octanol–water partition coefficient (Wildman–Crippen LogP) is 2.15. The summed E-state index contributed by atoms with van der Waals surface area (Å²) < 4.78 is 0. The molecule has 1 aliphatic rings. The molecule has 4 heteroatoms. The Morgan fingerprint density at radius 1 is 1.69 bits per heavy atom. The van der Waals surface area contributed by atoms with Gasteiger partial charge in [0.05, 0.1) is 6.04 Å². The molecule has 0 radical (unpaired) electrons. The normalized spacial score (nSPS) is 22.8. The van der Waals surface area contributed by atoms with E-state index in [2.05, 4.69) is 18.4 Å². The molecule has 16 heavy (non-hydrogen) atoms. The number of thiophene rings is 1. The van der Waals surface area contributed by atoms with Crippen molar-refractivity contribution in [3.8, 4) is 0 Å². The van der Waals surface area contributed by atoms with Crippen molar-refractivity contribution < 1.29 is 4.79 Å². The fourth-order valence-corrected chi connectivity index (χ4v) is 3.14. The van der Waals surface area contributed by atoms with Gasteiger partial charge in [-0.25, -0.2) is 0 Å². The molecule has 0 aliphatic carbocycles. The molecule has 1 aromatic rings. The van der Waals surface area contributed by atoms with Crippen molar-refractivity contribution in [1.82, 2.24) is 4.90 Å². The van der Waals surface area contributed by atoms with Gasteiger partial charge in [0.15, 0.2) is 0 Å². The Kier molecular flexibility index (Phi) is 3.61. The summed E-state index contributed by atoms with van der Waals surface area (Å²) in [5.41, 5.74) is 5.84. The Hall–Kier alpha value is -0.870. The third-order valence-corrected chi connectivity index (χ3v) is 3.97. The van der Waals surface area contributed by atoms with Crippen LogP contribution < -0.4 is 5.73 Å².